The Morgan fingerprint density at radius 1 is 1.50 bits per heavy atom. The maximum atomic E-state index is 12.1. The molecule has 1 aromatic carbocycles. The molecule has 0 N–H and O–H groups in total. The number of rotatable bonds is 4. The molecular weight excluding hydrogens is 249 g/mol. The van der Waals surface area contributed by atoms with Gasteiger partial charge in [-0.05, 0) is 34.0 Å². The third-order valence-corrected chi connectivity index (χ3v) is 2.38. The lowest BCUT2D eigenvalue weighted by Gasteiger charge is -2.09. The number of nitrogens with zero attached hydrogens (tertiary/aromatic N) is 1. The largest absolute Gasteiger partial charge is 0.461 e. The molecule has 0 fully saturated rings. The number of alkyl halides is 1. The van der Waals surface area contributed by atoms with Crippen molar-refractivity contribution in [1.82, 2.24) is 0 Å². The van der Waals surface area contributed by atoms with Gasteiger partial charge in [-0.2, -0.15) is 5.26 Å². The van der Waals surface area contributed by atoms with Crippen LogP contribution in [-0.4, -0.2) is 6.86 Å². The van der Waals surface area contributed by atoms with Crippen LogP contribution >= 0.6 is 15.9 Å². The monoisotopic (exact) mass is 257 g/mol. The normalized spacial score (nSPS) is 9.50. The van der Waals surface area contributed by atoms with Gasteiger partial charge in [-0.3, -0.25) is 0 Å². The Morgan fingerprint density at radius 3 is 2.93 bits per heavy atom. The summed E-state index contributed by atoms with van der Waals surface area (Å²) >= 11 is 3.27. The number of nitriles is 1. The molecule has 0 aromatic heterocycles. The molecule has 0 amide bonds. The molecule has 0 radical (unpaired) electrons. The molecule has 74 valence electrons. The van der Waals surface area contributed by atoms with Gasteiger partial charge in [0, 0.05) is 6.42 Å². The fourth-order valence-electron chi connectivity index (χ4n) is 1.16. The van der Waals surface area contributed by atoms with Gasteiger partial charge in [0.05, 0.1) is 10.5 Å². The summed E-state index contributed by atoms with van der Waals surface area (Å²) in [4.78, 5) is 0. The van der Waals surface area contributed by atoms with Crippen molar-refractivity contribution in [3.63, 3.8) is 0 Å². The van der Waals surface area contributed by atoms with Crippen molar-refractivity contribution in [3.8, 4) is 11.8 Å². The zero-order chi connectivity index (χ0) is 10.4. The first-order valence-electron chi connectivity index (χ1n) is 4.12. The van der Waals surface area contributed by atoms with Gasteiger partial charge in [0.25, 0.3) is 0 Å². The molecule has 2 nitrogen and oxygen atoms in total. The van der Waals surface area contributed by atoms with E-state index in [-0.39, 0.29) is 0 Å². The number of para-hydroxylation sites is 1. The second kappa shape index (κ2) is 5.61. The van der Waals surface area contributed by atoms with Gasteiger partial charge in [0.15, 0.2) is 0 Å². The molecule has 0 unspecified atom stereocenters. The maximum Gasteiger partial charge on any atom is 0.228 e. The molecule has 14 heavy (non-hydrogen) atoms. The Balaban J connectivity index is 2.90. The molecule has 0 aliphatic heterocycles. The quantitative estimate of drug-likeness (QED) is 0.830. The van der Waals surface area contributed by atoms with Crippen LogP contribution in [0.15, 0.2) is 22.7 Å². The number of ether oxygens (including phenoxy) is 1. The van der Waals surface area contributed by atoms with Crippen LogP contribution in [0.25, 0.3) is 0 Å². The van der Waals surface area contributed by atoms with Crippen LogP contribution in [0, 0.1) is 11.3 Å². The summed E-state index contributed by atoms with van der Waals surface area (Å²) in [6.07, 6.45) is 0.977. The van der Waals surface area contributed by atoms with Crippen molar-refractivity contribution in [2.24, 2.45) is 0 Å². The first-order valence-corrected chi connectivity index (χ1v) is 4.92. The van der Waals surface area contributed by atoms with Crippen LogP contribution in [0.5, 0.6) is 5.75 Å². The molecule has 0 heterocycles. The van der Waals surface area contributed by atoms with Gasteiger partial charge >= 0.3 is 0 Å². The zero-order valence-electron chi connectivity index (χ0n) is 7.46. The van der Waals surface area contributed by atoms with E-state index in [1.165, 1.54) is 0 Å². The van der Waals surface area contributed by atoms with Gasteiger partial charge in [-0.1, -0.05) is 12.1 Å². The number of aryl methyl sites for hydroxylation is 1. The fourth-order valence-corrected chi connectivity index (χ4v) is 1.68. The van der Waals surface area contributed by atoms with Crippen LogP contribution in [0.3, 0.4) is 0 Å². The van der Waals surface area contributed by atoms with Crippen molar-refractivity contribution in [3.05, 3.63) is 28.2 Å². The summed E-state index contributed by atoms with van der Waals surface area (Å²) < 4.78 is 17.6. The van der Waals surface area contributed by atoms with E-state index in [0.29, 0.717) is 23.1 Å². The molecule has 4 heteroatoms. The zero-order valence-corrected chi connectivity index (χ0v) is 9.05. The van der Waals surface area contributed by atoms with Crippen LogP contribution in [0.2, 0.25) is 0 Å². The minimum absolute atomic E-state index is 0.402. The van der Waals surface area contributed by atoms with Crippen LogP contribution in [-0.2, 0) is 6.42 Å². The number of hydrogen-bond donors (Lipinski definition) is 0. The van der Waals surface area contributed by atoms with Crippen LogP contribution in [0.4, 0.5) is 4.39 Å². The first kappa shape index (κ1) is 11.0. The highest BCUT2D eigenvalue weighted by molar-refractivity contribution is 9.10. The number of benzene rings is 1. The summed E-state index contributed by atoms with van der Waals surface area (Å²) in [7, 11) is 0. The second-order valence-electron chi connectivity index (χ2n) is 2.64. The molecule has 0 bridgehead atoms. The predicted molar refractivity (Wildman–Crippen MR) is 54.7 cm³/mol. The Labute approximate surface area is 90.4 Å². The lowest BCUT2D eigenvalue weighted by atomic mass is 10.1. The third kappa shape index (κ3) is 2.71. The predicted octanol–water partition coefficient (Wildman–Crippen LogP) is 3.21. The van der Waals surface area contributed by atoms with E-state index in [9.17, 15) is 4.39 Å². The first-order chi connectivity index (χ1) is 6.79. The molecule has 0 spiro atoms. The SMILES string of the molecule is N#CCCc1cccc(Br)c1OCF. The van der Waals surface area contributed by atoms with E-state index in [1.54, 1.807) is 6.07 Å². The Morgan fingerprint density at radius 2 is 2.29 bits per heavy atom. The van der Waals surface area contributed by atoms with Gasteiger partial charge in [0.1, 0.15) is 5.75 Å². The smallest absolute Gasteiger partial charge is 0.228 e. The van der Waals surface area contributed by atoms with Crippen LogP contribution in [0.1, 0.15) is 12.0 Å². The van der Waals surface area contributed by atoms with Crippen molar-refractivity contribution in [2.75, 3.05) is 6.86 Å². The van der Waals surface area contributed by atoms with Gasteiger partial charge in [0.2, 0.25) is 6.86 Å². The Hall–Kier alpha value is -1.08. The van der Waals surface area contributed by atoms with E-state index in [2.05, 4.69) is 15.9 Å². The van der Waals surface area contributed by atoms with Crippen molar-refractivity contribution >= 4 is 15.9 Å². The minimum atomic E-state index is -0.859. The molecule has 0 saturated heterocycles. The third-order valence-electron chi connectivity index (χ3n) is 1.75. The standard InChI is InChI=1S/C10H9BrFNO/c11-9-5-1-3-8(4-2-6-13)10(9)14-7-12/h1,3,5H,2,4,7H2. The Kier molecular flexibility index (Phi) is 4.41. The van der Waals surface area contributed by atoms with Gasteiger partial charge in [-0.25, -0.2) is 4.39 Å². The summed E-state index contributed by atoms with van der Waals surface area (Å²) in [5, 5.41) is 8.44. The number of halogens is 2. The van der Waals surface area contributed by atoms with E-state index in [1.807, 2.05) is 18.2 Å². The molecule has 0 saturated carbocycles. The lowest BCUT2D eigenvalue weighted by Crippen LogP contribution is -1.96. The maximum absolute atomic E-state index is 12.1. The van der Waals surface area contributed by atoms with E-state index in [0.717, 1.165) is 5.56 Å². The molecule has 1 rings (SSSR count). The topological polar surface area (TPSA) is 33.0 Å². The highest BCUT2D eigenvalue weighted by atomic mass is 79.9. The van der Waals surface area contributed by atoms with E-state index >= 15 is 0 Å². The molecular formula is C10H9BrFNO. The highest BCUT2D eigenvalue weighted by Gasteiger charge is 2.07. The van der Waals surface area contributed by atoms with Crippen molar-refractivity contribution in [1.29, 1.82) is 5.26 Å². The van der Waals surface area contributed by atoms with Crippen molar-refractivity contribution < 1.29 is 9.13 Å². The highest BCUT2D eigenvalue weighted by Crippen LogP contribution is 2.29. The Bertz CT molecular complexity index is 348. The van der Waals surface area contributed by atoms with Crippen molar-refractivity contribution in [2.45, 2.75) is 12.8 Å². The second-order valence-corrected chi connectivity index (χ2v) is 3.49. The molecule has 0 aliphatic rings. The average Bonchev–Trinajstić information content (AvgIpc) is 2.19. The van der Waals surface area contributed by atoms with Crippen LogP contribution < -0.4 is 4.74 Å². The molecule has 0 aliphatic carbocycles. The van der Waals surface area contributed by atoms with E-state index < -0.39 is 6.86 Å². The fraction of sp³-hybridized carbons (Fsp3) is 0.300. The average molecular weight is 258 g/mol. The summed E-state index contributed by atoms with van der Waals surface area (Å²) in [6.45, 7) is -0.859. The summed E-state index contributed by atoms with van der Waals surface area (Å²) in [6, 6.07) is 7.48. The number of hydrogen-bond acceptors (Lipinski definition) is 2. The molecule has 1 aromatic rings. The summed E-state index contributed by atoms with van der Waals surface area (Å²) in [5.74, 6) is 0.491. The molecule has 0 atom stereocenters. The van der Waals surface area contributed by atoms with E-state index in [4.69, 9.17) is 10.00 Å². The summed E-state index contributed by atoms with van der Waals surface area (Å²) in [5.41, 5.74) is 0.846. The minimum Gasteiger partial charge on any atom is -0.461 e. The van der Waals surface area contributed by atoms with Gasteiger partial charge < -0.3 is 4.74 Å². The lowest BCUT2D eigenvalue weighted by molar-refractivity contribution is 0.189. The van der Waals surface area contributed by atoms with Gasteiger partial charge in [-0.15, -0.1) is 0 Å².